The van der Waals surface area contributed by atoms with Gasteiger partial charge in [0.15, 0.2) is 0 Å². The summed E-state index contributed by atoms with van der Waals surface area (Å²) in [4.78, 5) is 34.1. The summed E-state index contributed by atoms with van der Waals surface area (Å²) in [6.45, 7) is 1.18. The first-order valence-electron chi connectivity index (χ1n) is 5.00. The van der Waals surface area contributed by atoms with Crippen LogP contribution in [0.1, 0.15) is 19.3 Å². The lowest BCUT2D eigenvalue weighted by Crippen LogP contribution is -2.47. The summed E-state index contributed by atoms with van der Waals surface area (Å²) in [5.74, 6) is -2.59. The van der Waals surface area contributed by atoms with Crippen molar-refractivity contribution in [1.29, 1.82) is 0 Å². The second-order valence-electron chi connectivity index (χ2n) is 3.63. The molecule has 1 atom stereocenters. The van der Waals surface area contributed by atoms with Gasteiger partial charge in [-0.2, -0.15) is 0 Å². The molecule has 7 heteroatoms. The van der Waals surface area contributed by atoms with Gasteiger partial charge in [0.1, 0.15) is 6.04 Å². The highest BCUT2D eigenvalue weighted by molar-refractivity contribution is 5.86. The van der Waals surface area contributed by atoms with E-state index in [9.17, 15) is 14.4 Å². The Bertz CT molecular complexity index is 298. The molecule has 0 aromatic carbocycles. The maximum absolute atomic E-state index is 11.5. The molecule has 90 valence electrons. The minimum absolute atomic E-state index is 0.508. The maximum atomic E-state index is 11.5. The number of carbonyl (C=O) groups excluding carboxylic acids is 1. The molecule has 0 aromatic rings. The third-order valence-electron chi connectivity index (χ3n) is 2.37. The van der Waals surface area contributed by atoms with E-state index in [1.807, 2.05) is 0 Å². The average Bonchev–Trinajstić information content (AvgIpc) is 2.68. The van der Waals surface area contributed by atoms with Crippen LogP contribution in [0.4, 0.5) is 4.79 Å². The van der Waals surface area contributed by atoms with Crippen molar-refractivity contribution in [2.24, 2.45) is 0 Å². The average molecular weight is 230 g/mol. The van der Waals surface area contributed by atoms with E-state index in [0.717, 1.165) is 12.8 Å². The van der Waals surface area contributed by atoms with Gasteiger partial charge in [0, 0.05) is 13.1 Å². The highest BCUT2D eigenvalue weighted by Gasteiger charge is 2.26. The van der Waals surface area contributed by atoms with Crippen LogP contribution in [-0.2, 0) is 9.59 Å². The predicted molar refractivity (Wildman–Crippen MR) is 53.0 cm³/mol. The van der Waals surface area contributed by atoms with E-state index in [1.165, 1.54) is 4.90 Å². The van der Waals surface area contributed by atoms with Crippen molar-refractivity contribution < 1.29 is 24.6 Å². The van der Waals surface area contributed by atoms with Crippen molar-refractivity contribution in [2.45, 2.75) is 25.3 Å². The van der Waals surface area contributed by atoms with Crippen molar-refractivity contribution in [2.75, 3.05) is 13.1 Å². The fourth-order valence-corrected chi connectivity index (χ4v) is 1.54. The van der Waals surface area contributed by atoms with Gasteiger partial charge < -0.3 is 20.4 Å². The Kier molecular flexibility index (Phi) is 4.10. The molecule has 3 N–H and O–H groups in total. The topological polar surface area (TPSA) is 107 Å². The zero-order valence-corrected chi connectivity index (χ0v) is 8.68. The fourth-order valence-electron chi connectivity index (χ4n) is 1.54. The Labute approximate surface area is 92.0 Å². The van der Waals surface area contributed by atoms with Crippen molar-refractivity contribution in [1.82, 2.24) is 10.2 Å². The summed E-state index contributed by atoms with van der Waals surface area (Å²) in [7, 11) is 0. The summed E-state index contributed by atoms with van der Waals surface area (Å²) >= 11 is 0. The zero-order chi connectivity index (χ0) is 12.1. The number of hydrogen-bond donors (Lipinski definition) is 3. The fraction of sp³-hybridized carbons (Fsp3) is 0.667. The lowest BCUT2D eigenvalue weighted by atomic mass is 10.2. The Morgan fingerprint density at radius 3 is 2.19 bits per heavy atom. The second-order valence-corrected chi connectivity index (χ2v) is 3.63. The van der Waals surface area contributed by atoms with E-state index in [4.69, 9.17) is 10.2 Å². The Morgan fingerprint density at radius 1 is 1.19 bits per heavy atom. The van der Waals surface area contributed by atoms with Crippen LogP contribution in [-0.4, -0.2) is 52.2 Å². The molecule has 0 bridgehead atoms. The third kappa shape index (κ3) is 3.41. The summed E-state index contributed by atoms with van der Waals surface area (Å²) < 4.78 is 0. The van der Waals surface area contributed by atoms with Crippen molar-refractivity contribution in [3.05, 3.63) is 0 Å². The Balaban J connectivity index is 2.50. The first-order valence-corrected chi connectivity index (χ1v) is 5.00. The first kappa shape index (κ1) is 12.3. The number of likely N-dealkylation sites (tertiary alicyclic amines) is 1. The van der Waals surface area contributed by atoms with E-state index >= 15 is 0 Å². The van der Waals surface area contributed by atoms with Crippen molar-refractivity contribution in [3.8, 4) is 0 Å². The number of aliphatic carboxylic acids is 2. The van der Waals surface area contributed by atoms with Crippen molar-refractivity contribution in [3.63, 3.8) is 0 Å². The van der Waals surface area contributed by atoms with Gasteiger partial charge in [0.25, 0.3) is 0 Å². The number of hydrogen-bond acceptors (Lipinski definition) is 3. The van der Waals surface area contributed by atoms with E-state index in [0.29, 0.717) is 13.1 Å². The summed E-state index contributed by atoms with van der Waals surface area (Å²) in [6, 6.07) is -1.88. The third-order valence-corrected chi connectivity index (χ3v) is 2.37. The summed E-state index contributed by atoms with van der Waals surface area (Å²) in [5.41, 5.74) is 0. The first-order chi connectivity index (χ1) is 7.50. The molecule has 1 heterocycles. The van der Waals surface area contributed by atoms with Crippen LogP contribution in [0.2, 0.25) is 0 Å². The normalized spacial score (nSPS) is 16.9. The zero-order valence-electron chi connectivity index (χ0n) is 8.68. The molecular formula is C9H14N2O5. The van der Waals surface area contributed by atoms with E-state index in [-0.39, 0.29) is 0 Å². The highest BCUT2D eigenvalue weighted by Crippen LogP contribution is 2.07. The Hall–Kier alpha value is -1.79. The molecule has 0 unspecified atom stereocenters. The van der Waals surface area contributed by atoms with Crippen LogP contribution in [0, 0.1) is 0 Å². The number of rotatable bonds is 4. The predicted octanol–water partition coefficient (Wildman–Crippen LogP) is -0.280. The van der Waals surface area contributed by atoms with Crippen LogP contribution in [0.25, 0.3) is 0 Å². The number of carboxylic acids is 2. The molecule has 7 nitrogen and oxygen atoms in total. The molecule has 1 aliphatic rings. The number of carbonyl (C=O) groups is 3. The number of amides is 2. The van der Waals surface area contributed by atoms with E-state index in [2.05, 4.69) is 5.32 Å². The monoisotopic (exact) mass is 230 g/mol. The molecule has 0 aliphatic carbocycles. The van der Waals surface area contributed by atoms with Crippen molar-refractivity contribution >= 4 is 18.0 Å². The number of nitrogens with one attached hydrogen (secondary N) is 1. The van der Waals surface area contributed by atoms with E-state index in [1.54, 1.807) is 0 Å². The van der Waals surface area contributed by atoms with Gasteiger partial charge >= 0.3 is 18.0 Å². The SMILES string of the molecule is O=C(O)C[C@H](NC(=O)N1CCCC1)C(=O)O. The van der Waals surface area contributed by atoms with Gasteiger partial charge in [0.2, 0.25) is 0 Å². The summed E-state index contributed by atoms with van der Waals surface area (Å²) in [5, 5.41) is 19.4. The standard InChI is InChI=1S/C9H14N2O5/c12-7(13)5-6(8(14)15)10-9(16)11-3-1-2-4-11/h6H,1-5H2,(H,10,16)(H,12,13)(H,14,15)/t6-/m0/s1. The minimum atomic E-state index is -1.37. The van der Waals surface area contributed by atoms with Gasteiger partial charge in [0.05, 0.1) is 6.42 Å². The van der Waals surface area contributed by atoms with E-state index < -0.39 is 30.4 Å². The molecule has 0 aromatic heterocycles. The number of nitrogens with zero attached hydrogens (tertiary/aromatic N) is 1. The molecule has 16 heavy (non-hydrogen) atoms. The second kappa shape index (κ2) is 5.34. The molecule has 2 amide bonds. The minimum Gasteiger partial charge on any atom is -0.481 e. The van der Waals surface area contributed by atoms with Crippen LogP contribution in [0.5, 0.6) is 0 Å². The lowest BCUT2D eigenvalue weighted by molar-refractivity contribution is -0.145. The van der Waals surface area contributed by atoms with Gasteiger partial charge in [-0.3, -0.25) is 4.79 Å². The van der Waals surface area contributed by atoms with Crippen LogP contribution < -0.4 is 5.32 Å². The molecule has 0 saturated carbocycles. The summed E-state index contributed by atoms with van der Waals surface area (Å²) in [6.07, 6.45) is 1.17. The highest BCUT2D eigenvalue weighted by atomic mass is 16.4. The Morgan fingerprint density at radius 2 is 1.75 bits per heavy atom. The maximum Gasteiger partial charge on any atom is 0.326 e. The van der Waals surface area contributed by atoms with Gasteiger partial charge in [-0.25, -0.2) is 9.59 Å². The van der Waals surface area contributed by atoms with Gasteiger partial charge in [-0.15, -0.1) is 0 Å². The largest absolute Gasteiger partial charge is 0.481 e. The van der Waals surface area contributed by atoms with Crippen LogP contribution >= 0.6 is 0 Å². The quantitative estimate of drug-likeness (QED) is 0.615. The molecule has 1 saturated heterocycles. The number of urea groups is 1. The smallest absolute Gasteiger partial charge is 0.326 e. The molecule has 0 spiro atoms. The molecule has 1 aliphatic heterocycles. The molecule has 1 rings (SSSR count). The van der Waals surface area contributed by atoms with Gasteiger partial charge in [-0.1, -0.05) is 0 Å². The number of carboxylic acid groups (broad SMARTS) is 2. The molecule has 1 fully saturated rings. The lowest BCUT2D eigenvalue weighted by Gasteiger charge is -2.19. The molecule has 0 radical (unpaired) electrons. The van der Waals surface area contributed by atoms with Crippen LogP contribution in [0.15, 0.2) is 0 Å². The van der Waals surface area contributed by atoms with Gasteiger partial charge in [-0.05, 0) is 12.8 Å². The molecular weight excluding hydrogens is 216 g/mol. The van der Waals surface area contributed by atoms with Crippen LogP contribution in [0.3, 0.4) is 0 Å².